The van der Waals surface area contributed by atoms with E-state index >= 15 is 0 Å². The second kappa shape index (κ2) is 1.94. The van der Waals surface area contributed by atoms with Crippen molar-refractivity contribution in [3.8, 4) is 0 Å². The Bertz CT molecular complexity index is 170. The number of rotatable bonds is 0. The van der Waals surface area contributed by atoms with Crippen molar-refractivity contribution in [1.82, 2.24) is 0 Å². The summed E-state index contributed by atoms with van der Waals surface area (Å²) in [5, 5.41) is 0. The quantitative estimate of drug-likeness (QED) is 0.393. The molecule has 0 aliphatic heterocycles. The van der Waals surface area contributed by atoms with E-state index in [0.29, 0.717) is 0 Å². The Labute approximate surface area is 50.9 Å². The molecule has 0 radical (unpaired) electrons. The molecule has 0 aliphatic carbocycles. The van der Waals surface area contributed by atoms with E-state index in [4.69, 9.17) is 0 Å². The molecule has 0 aromatic rings. The first-order chi connectivity index (χ1) is 2.94. The van der Waals surface area contributed by atoms with Gasteiger partial charge in [0.2, 0.25) is 4.32 Å². The van der Waals surface area contributed by atoms with Gasteiger partial charge in [-0.2, -0.15) is 0 Å². The van der Waals surface area contributed by atoms with Crippen molar-refractivity contribution in [3.05, 3.63) is 0 Å². The molecular formula is CH2ClNO2S2. The van der Waals surface area contributed by atoms with Gasteiger partial charge in [-0.05, 0) is 12.2 Å². The van der Waals surface area contributed by atoms with Crippen molar-refractivity contribution in [1.29, 1.82) is 0 Å². The molecule has 0 saturated carbocycles. The molecule has 3 nitrogen and oxygen atoms in total. The Morgan fingerprint density at radius 2 is 1.86 bits per heavy atom. The maximum absolute atomic E-state index is 9.83. The summed E-state index contributed by atoms with van der Waals surface area (Å²) in [6.45, 7) is 0. The topological polar surface area (TPSA) is 60.2 Å². The zero-order chi connectivity index (χ0) is 6.08. The second-order valence-corrected chi connectivity index (χ2v) is 3.99. The Morgan fingerprint density at radius 3 is 1.86 bits per heavy atom. The highest BCUT2D eigenvalue weighted by atomic mass is 35.7. The zero-order valence-corrected chi connectivity index (χ0v) is 5.48. The van der Waals surface area contributed by atoms with Gasteiger partial charge in [0.25, 0.3) is 9.05 Å². The number of nitrogens with two attached hydrogens (primary N) is 1. The minimum absolute atomic E-state index is 0.686. The molecule has 0 aromatic carbocycles. The maximum atomic E-state index is 9.83. The average Bonchev–Trinajstić information content (AvgIpc) is 1.31. The molecule has 0 heterocycles. The monoisotopic (exact) mass is 159 g/mol. The van der Waals surface area contributed by atoms with Gasteiger partial charge in [0.05, 0.1) is 0 Å². The molecule has 0 unspecified atom stereocenters. The van der Waals surface area contributed by atoms with Crippen LogP contribution in [0.4, 0.5) is 0 Å². The standard InChI is InChI=1S/CH2ClNO2S2/c2-7(4,5)1(3)6/h(H2,3,6). The fourth-order valence-electron chi connectivity index (χ4n) is 0. The van der Waals surface area contributed by atoms with Gasteiger partial charge >= 0.3 is 0 Å². The fourth-order valence-corrected chi connectivity index (χ4v) is 0. The average molecular weight is 160 g/mol. The Balaban J connectivity index is 4.43. The lowest BCUT2D eigenvalue weighted by Gasteiger charge is -1.82. The van der Waals surface area contributed by atoms with Crippen molar-refractivity contribution in [2.45, 2.75) is 0 Å². The minimum Gasteiger partial charge on any atom is -0.379 e. The number of thiocarbonyl (C=S) groups is 1. The lowest BCUT2D eigenvalue weighted by Crippen LogP contribution is -2.15. The van der Waals surface area contributed by atoms with Crippen LogP contribution in [0.5, 0.6) is 0 Å². The molecule has 0 aromatic heterocycles. The maximum Gasteiger partial charge on any atom is 0.286 e. The van der Waals surface area contributed by atoms with Crippen LogP contribution in [0.2, 0.25) is 0 Å². The summed E-state index contributed by atoms with van der Waals surface area (Å²) >= 11 is 3.99. The molecule has 0 fully saturated rings. The largest absolute Gasteiger partial charge is 0.379 e. The van der Waals surface area contributed by atoms with Crippen LogP contribution in [0.1, 0.15) is 0 Å². The summed E-state index contributed by atoms with van der Waals surface area (Å²) in [6.07, 6.45) is 0. The summed E-state index contributed by atoms with van der Waals surface area (Å²) < 4.78 is 19.0. The van der Waals surface area contributed by atoms with Gasteiger partial charge < -0.3 is 5.73 Å². The summed E-state index contributed by atoms with van der Waals surface area (Å²) in [5.41, 5.74) is 4.58. The van der Waals surface area contributed by atoms with E-state index in [1.165, 1.54) is 0 Å². The molecule has 0 amide bonds. The van der Waals surface area contributed by atoms with Gasteiger partial charge in [0.15, 0.2) is 0 Å². The Hall–Kier alpha value is 0.130. The van der Waals surface area contributed by atoms with Gasteiger partial charge in [-0.25, -0.2) is 8.42 Å². The normalized spacial score (nSPS) is 11.0. The van der Waals surface area contributed by atoms with Crippen molar-refractivity contribution < 1.29 is 8.42 Å². The Kier molecular flexibility index (Phi) is 1.97. The molecule has 42 valence electrons. The van der Waals surface area contributed by atoms with Gasteiger partial charge in [-0.15, -0.1) is 0 Å². The molecule has 0 rings (SSSR count). The summed E-state index contributed by atoms with van der Waals surface area (Å²) in [4.78, 5) is 0. The third-order valence-corrected chi connectivity index (χ3v) is 2.15. The highest BCUT2D eigenvalue weighted by molar-refractivity contribution is 8.31. The first-order valence-electron chi connectivity index (χ1n) is 1.18. The van der Waals surface area contributed by atoms with E-state index in [0.717, 1.165) is 0 Å². The number of hydrogen-bond acceptors (Lipinski definition) is 3. The van der Waals surface area contributed by atoms with Crippen molar-refractivity contribution in [2.24, 2.45) is 5.73 Å². The predicted molar refractivity (Wildman–Crippen MR) is 31.6 cm³/mol. The molecular weight excluding hydrogens is 158 g/mol. The summed E-state index contributed by atoms with van der Waals surface area (Å²) in [6, 6.07) is 0. The first kappa shape index (κ1) is 7.13. The summed E-state index contributed by atoms with van der Waals surface area (Å²) in [7, 11) is 0.815. The van der Waals surface area contributed by atoms with Gasteiger partial charge in [0.1, 0.15) is 0 Å². The van der Waals surface area contributed by atoms with E-state index in [-0.39, 0.29) is 0 Å². The first-order valence-corrected chi connectivity index (χ1v) is 3.90. The third-order valence-electron chi connectivity index (χ3n) is 0.240. The van der Waals surface area contributed by atoms with E-state index in [1.54, 1.807) is 0 Å². The van der Waals surface area contributed by atoms with Gasteiger partial charge in [0, 0.05) is 10.7 Å². The van der Waals surface area contributed by atoms with Crippen LogP contribution in [0.3, 0.4) is 0 Å². The number of halogens is 1. The third kappa shape index (κ3) is 2.78. The molecule has 2 N–H and O–H groups in total. The lowest BCUT2D eigenvalue weighted by atomic mass is 11.5. The Morgan fingerprint density at radius 1 is 1.71 bits per heavy atom. The molecule has 0 saturated heterocycles. The highest BCUT2D eigenvalue weighted by Crippen LogP contribution is 1.93. The number of hydrogen-bond donors (Lipinski definition) is 1. The van der Waals surface area contributed by atoms with Crippen molar-refractivity contribution in [3.63, 3.8) is 0 Å². The molecule has 0 atom stereocenters. The van der Waals surface area contributed by atoms with Crippen molar-refractivity contribution in [2.75, 3.05) is 0 Å². The van der Waals surface area contributed by atoms with E-state index in [2.05, 4.69) is 28.6 Å². The SMILES string of the molecule is NC(=S)S(=O)(=O)Cl. The molecule has 0 aliphatic rings. The zero-order valence-electron chi connectivity index (χ0n) is 3.09. The van der Waals surface area contributed by atoms with Crippen LogP contribution in [-0.2, 0) is 9.05 Å². The van der Waals surface area contributed by atoms with Crippen LogP contribution in [0.15, 0.2) is 0 Å². The van der Waals surface area contributed by atoms with E-state index < -0.39 is 13.4 Å². The molecule has 0 bridgehead atoms. The van der Waals surface area contributed by atoms with Crippen LogP contribution in [-0.4, -0.2) is 12.7 Å². The van der Waals surface area contributed by atoms with Crippen LogP contribution < -0.4 is 5.73 Å². The molecule has 7 heavy (non-hydrogen) atoms. The summed E-state index contributed by atoms with van der Waals surface area (Å²) in [5.74, 6) is 0. The minimum atomic E-state index is -3.76. The van der Waals surface area contributed by atoms with Crippen LogP contribution in [0, 0.1) is 0 Å². The predicted octanol–water partition coefficient (Wildman–Crippen LogP) is -0.201. The molecule has 6 heteroatoms. The van der Waals surface area contributed by atoms with Crippen LogP contribution >= 0.6 is 22.9 Å². The van der Waals surface area contributed by atoms with Crippen molar-refractivity contribution >= 4 is 36.3 Å². The highest BCUT2D eigenvalue weighted by Gasteiger charge is 2.06. The second-order valence-electron chi connectivity index (χ2n) is 0.757. The van der Waals surface area contributed by atoms with E-state index in [1.807, 2.05) is 0 Å². The van der Waals surface area contributed by atoms with E-state index in [9.17, 15) is 8.42 Å². The van der Waals surface area contributed by atoms with Crippen LogP contribution in [0.25, 0.3) is 0 Å². The molecule has 0 spiro atoms. The van der Waals surface area contributed by atoms with Gasteiger partial charge in [-0.1, -0.05) is 0 Å². The smallest absolute Gasteiger partial charge is 0.286 e. The van der Waals surface area contributed by atoms with Gasteiger partial charge in [-0.3, -0.25) is 0 Å². The lowest BCUT2D eigenvalue weighted by molar-refractivity contribution is 0.619. The fraction of sp³-hybridized carbons (Fsp3) is 0.